The monoisotopic (exact) mass is 608 g/mol. The van der Waals surface area contributed by atoms with Gasteiger partial charge in [0.2, 0.25) is 17.7 Å². The molecule has 0 bridgehead atoms. The second kappa shape index (κ2) is 12.1. The van der Waals surface area contributed by atoms with E-state index >= 15 is 0 Å². The summed E-state index contributed by atoms with van der Waals surface area (Å²) in [6.45, 7) is 0.701. The van der Waals surface area contributed by atoms with Crippen molar-refractivity contribution in [3.8, 4) is 0 Å². The normalized spacial score (nSPS) is 16.0. The fourth-order valence-electron chi connectivity index (χ4n) is 5.61. The third kappa shape index (κ3) is 5.76. The SMILES string of the molecule is O=C1CCC(N2C(=O)c3cccc(NCCC(=O)Nc4ccc(Cn5ccc6ccc(C(=O)NO)cc65)cc4)c3C2=O)C(=O)N1. The van der Waals surface area contributed by atoms with Gasteiger partial charge >= 0.3 is 0 Å². The van der Waals surface area contributed by atoms with E-state index in [1.165, 1.54) is 6.07 Å². The van der Waals surface area contributed by atoms with Crippen LogP contribution in [-0.4, -0.2) is 62.7 Å². The lowest BCUT2D eigenvalue weighted by molar-refractivity contribution is -0.136. The van der Waals surface area contributed by atoms with Gasteiger partial charge < -0.3 is 15.2 Å². The summed E-state index contributed by atoms with van der Waals surface area (Å²) >= 11 is 0. The fourth-order valence-corrected chi connectivity index (χ4v) is 5.61. The van der Waals surface area contributed by atoms with E-state index in [1.807, 2.05) is 35.0 Å². The zero-order valence-electron chi connectivity index (χ0n) is 23.8. The second-order valence-corrected chi connectivity index (χ2v) is 10.8. The van der Waals surface area contributed by atoms with E-state index in [1.54, 1.807) is 41.9 Å². The highest BCUT2D eigenvalue weighted by Gasteiger charge is 2.45. The number of amides is 6. The Bertz CT molecular complexity index is 1880. The first-order chi connectivity index (χ1) is 21.7. The lowest BCUT2D eigenvalue weighted by Gasteiger charge is -2.27. The molecule has 1 atom stereocenters. The summed E-state index contributed by atoms with van der Waals surface area (Å²) in [5, 5.41) is 18.0. The van der Waals surface area contributed by atoms with Crippen LogP contribution in [0.25, 0.3) is 10.9 Å². The Morgan fingerprint density at radius 3 is 2.51 bits per heavy atom. The molecule has 1 unspecified atom stereocenters. The third-order valence-electron chi connectivity index (χ3n) is 7.86. The van der Waals surface area contributed by atoms with Gasteiger partial charge in [0.05, 0.1) is 11.1 Å². The van der Waals surface area contributed by atoms with Crippen molar-refractivity contribution in [3.05, 3.63) is 95.2 Å². The second-order valence-electron chi connectivity index (χ2n) is 10.8. The lowest BCUT2D eigenvalue weighted by atomic mass is 10.0. The molecule has 5 N–H and O–H groups in total. The summed E-state index contributed by atoms with van der Waals surface area (Å²) in [7, 11) is 0. The summed E-state index contributed by atoms with van der Waals surface area (Å²) < 4.78 is 1.98. The predicted molar refractivity (Wildman–Crippen MR) is 162 cm³/mol. The fraction of sp³-hybridized carbons (Fsp3) is 0.188. The molecular formula is C32H28N6O7. The predicted octanol–water partition coefficient (Wildman–Crippen LogP) is 2.65. The van der Waals surface area contributed by atoms with Gasteiger partial charge in [-0.25, -0.2) is 5.48 Å². The van der Waals surface area contributed by atoms with E-state index < -0.39 is 35.6 Å². The maximum atomic E-state index is 13.2. The summed E-state index contributed by atoms with van der Waals surface area (Å²) in [5.74, 6) is -3.20. The van der Waals surface area contributed by atoms with Crippen molar-refractivity contribution in [2.24, 2.45) is 0 Å². The van der Waals surface area contributed by atoms with Crippen molar-refractivity contribution in [2.75, 3.05) is 17.2 Å². The molecule has 0 spiro atoms. The molecule has 13 heteroatoms. The maximum Gasteiger partial charge on any atom is 0.274 e. The van der Waals surface area contributed by atoms with Crippen molar-refractivity contribution in [2.45, 2.75) is 31.8 Å². The van der Waals surface area contributed by atoms with Gasteiger partial charge in [0.15, 0.2) is 0 Å². The number of benzene rings is 3. The van der Waals surface area contributed by atoms with Gasteiger partial charge in [-0.2, -0.15) is 0 Å². The Morgan fingerprint density at radius 1 is 0.956 bits per heavy atom. The van der Waals surface area contributed by atoms with Crippen molar-refractivity contribution in [3.63, 3.8) is 0 Å². The van der Waals surface area contributed by atoms with Gasteiger partial charge in [0.1, 0.15) is 6.04 Å². The van der Waals surface area contributed by atoms with E-state index in [0.29, 0.717) is 23.5 Å². The smallest absolute Gasteiger partial charge is 0.274 e. The van der Waals surface area contributed by atoms with E-state index in [0.717, 1.165) is 21.4 Å². The number of nitrogens with zero attached hydrogens (tertiary/aromatic N) is 2. The van der Waals surface area contributed by atoms with E-state index in [-0.39, 0.29) is 42.8 Å². The molecule has 0 saturated carbocycles. The molecule has 6 rings (SSSR count). The number of hydrogen-bond acceptors (Lipinski definition) is 8. The zero-order valence-corrected chi connectivity index (χ0v) is 23.8. The highest BCUT2D eigenvalue weighted by Crippen LogP contribution is 2.32. The standard InChI is InChI=1S/C32H28N6O7/c39-26-11-10-24(30(42)35-26)38-31(43)22-2-1-3-23(28(22)32(38)44)33-14-12-27(40)34-21-8-4-18(5-9-21)17-37-15-13-19-6-7-20(16-25(19)37)29(41)36-45/h1-9,13,15-16,24,33,45H,10-12,14,17H2,(H,34,40)(H,36,41)(H,35,39,42). The Labute approximate surface area is 256 Å². The number of fused-ring (bicyclic) bond motifs is 2. The summed E-state index contributed by atoms with van der Waals surface area (Å²) in [6.07, 6.45) is 2.08. The van der Waals surface area contributed by atoms with Gasteiger partial charge in [-0.05, 0) is 59.8 Å². The highest BCUT2D eigenvalue weighted by atomic mass is 16.5. The Hall–Kier alpha value is -5.82. The molecule has 1 saturated heterocycles. The topological polar surface area (TPSA) is 179 Å². The molecule has 2 aliphatic rings. The Morgan fingerprint density at radius 2 is 1.76 bits per heavy atom. The number of carbonyl (C=O) groups excluding carboxylic acids is 6. The third-order valence-corrected chi connectivity index (χ3v) is 7.86. The minimum Gasteiger partial charge on any atom is -0.384 e. The molecule has 3 aromatic carbocycles. The summed E-state index contributed by atoms with van der Waals surface area (Å²) in [6, 6.07) is 18.1. The number of rotatable bonds is 9. The molecule has 1 aromatic heterocycles. The Kier molecular flexibility index (Phi) is 7.84. The molecule has 1 fully saturated rings. The Balaban J connectivity index is 1.04. The van der Waals surface area contributed by atoms with Crippen LogP contribution < -0.4 is 21.4 Å². The summed E-state index contributed by atoms with van der Waals surface area (Å²) in [4.78, 5) is 75.5. The number of anilines is 2. The first-order valence-corrected chi connectivity index (χ1v) is 14.2. The van der Waals surface area contributed by atoms with Crippen LogP contribution in [0.2, 0.25) is 0 Å². The molecule has 3 heterocycles. The average molecular weight is 609 g/mol. The first kappa shape index (κ1) is 29.3. The van der Waals surface area contributed by atoms with E-state index in [9.17, 15) is 28.8 Å². The number of hydroxylamine groups is 1. The number of hydrogen-bond donors (Lipinski definition) is 5. The maximum absolute atomic E-state index is 13.2. The van der Waals surface area contributed by atoms with Crippen LogP contribution in [-0.2, 0) is 20.9 Å². The van der Waals surface area contributed by atoms with E-state index in [2.05, 4.69) is 16.0 Å². The van der Waals surface area contributed by atoms with Crippen LogP contribution in [0.5, 0.6) is 0 Å². The minimum atomic E-state index is -1.06. The lowest BCUT2D eigenvalue weighted by Crippen LogP contribution is -2.54. The number of imide groups is 2. The summed E-state index contributed by atoms with van der Waals surface area (Å²) in [5.41, 5.74) is 5.04. The molecule has 228 valence electrons. The van der Waals surface area contributed by atoms with Crippen LogP contribution in [0.15, 0.2) is 72.9 Å². The number of nitrogens with one attached hydrogen (secondary N) is 4. The number of carbonyl (C=O) groups is 6. The van der Waals surface area contributed by atoms with Gasteiger partial charge in [-0.3, -0.25) is 44.2 Å². The molecular weight excluding hydrogens is 580 g/mol. The number of aromatic nitrogens is 1. The van der Waals surface area contributed by atoms with Crippen LogP contribution >= 0.6 is 0 Å². The molecule has 2 aliphatic heterocycles. The van der Waals surface area contributed by atoms with Crippen LogP contribution in [0.1, 0.15) is 55.9 Å². The van der Waals surface area contributed by atoms with E-state index in [4.69, 9.17) is 5.21 Å². The van der Waals surface area contributed by atoms with Crippen molar-refractivity contribution < 1.29 is 34.0 Å². The van der Waals surface area contributed by atoms with Crippen LogP contribution in [0.3, 0.4) is 0 Å². The van der Waals surface area contributed by atoms with Gasteiger partial charge in [0, 0.05) is 54.6 Å². The van der Waals surface area contributed by atoms with Crippen LogP contribution in [0, 0.1) is 0 Å². The van der Waals surface area contributed by atoms with Gasteiger partial charge in [-0.15, -0.1) is 0 Å². The molecule has 6 amide bonds. The average Bonchev–Trinajstić information content (AvgIpc) is 3.55. The van der Waals surface area contributed by atoms with Crippen molar-refractivity contribution in [1.29, 1.82) is 0 Å². The van der Waals surface area contributed by atoms with Gasteiger partial charge in [0.25, 0.3) is 17.7 Å². The van der Waals surface area contributed by atoms with Gasteiger partial charge in [-0.1, -0.05) is 24.3 Å². The quantitative estimate of drug-likeness (QED) is 0.109. The molecule has 0 aliphatic carbocycles. The largest absolute Gasteiger partial charge is 0.384 e. The van der Waals surface area contributed by atoms with Crippen molar-refractivity contribution in [1.82, 2.24) is 20.3 Å². The molecule has 13 nitrogen and oxygen atoms in total. The van der Waals surface area contributed by atoms with Crippen molar-refractivity contribution >= 4 is 57.7 Å². The minimum absolute atomic E-state index is 0.0330. The molecule has 0 radical (unpaired) electrons. The number of piperidine rings is 1. The van der Waals surface area contributed by atoms with Crippen LogP contribution in [0.4, 0.5) is 11.4 Å². The molecule has 4 aromatic rings. The zero-order chi connectivity index (χ0) is 31.7. The first-order valence-electron chi connectivity index (χ1n) is 14.2. The highest BCUT2D eigenvalue weighted by molar-refractivity contribution is 6.25. The molecule has 45 heavy (non-hydrogen) atoms.